The van der Waals surface area contributed by atoms with Gasteiger partial charge in [0.1, 0.15) is 0 Å². The molecule has 1 aliphatic rings. The van der Waals surface area contributed by atoms with Crippen LogP contribution in [0.3, 0.4) is 0 Å². The topological polar surface area (TPSA) is 47.8 Å². The summed E-state index contributed by atoms with van der Waals surface area (Å²) in [6.07, 6.45) is 9.02. The number of ketones is 1. The van der Waals surface area contributed by atoms with Gasteiger partial charge in [0.2, 0.25) is 0 Å². The molecule has 0 bridgehead atoms. The van der Waals surface area contributed by atoms with Gasteiger partial charge in [-0.1, -0.05) is 12.8 Å². The lowest BCUT2D eigenvalue weighted by Gasteiger charge is -2.08. The Morgan fingerprint density at radius 3 is 3.00 bits per heavy atom. The summed E-state index contributed by atoms with van der Waals surface area (Å²) in [5.74, 6) is 0.106. The zero-order valence-corrected chi connectivity index (χ0v) is 10.9. The SMILES string of the molecule is O=C(Cc1ccn(C2CCCC2)n1)c1cncs1. The van der Waals surface area contributed by atoms with E-state index >= 15 is 0 Å². The van der Waals surface area contributed by atoms with Crippen LogP contribution in [0, 0.1) is 0 Å². The minimum absolute atomic E-state index is 0.106. The molecular weight excluding hydrogens is 246 g/mol. The van der Waals surface area contributed by atoms with E-state index in [1.165, 1.54) is 37.0 Å². The van der Waals surface area contributed by atoms with E-state index in [1.54, 1.807) is 11.7 Å². The molecule has 2 heterocycles. The van der Waals surface area contributed by atoms with Crippen molar-refractivity contribution in [2.75, 3.05) is 0 Å². The fourth-order valence-corrected chi connectivity index (χ4v) is 3.01. The summed E-state index contributed by atoms with van der Waals surface area (Å²) in [6, 6.07) is 2.49. The van der Waals surface area contributed by atoms with Crippen molar-refractivity contribution >= 4 is 17.1 Å². The number of carbonyl (C=O) groups excluding carboxylic acids is 1. The molecule has 0 saturated heterocycles. The number of hydrogen-bond acceptors (Lipinski definition) is 4. The molecular formula is C13H15N3OS. The highest BCUT2D eigenvalue weighted by atomic mass is 32.1. The zero-order valence-electron chi connectivity index (χ0n) is 10.1. The first-order valence-electron chi connectivity index (χ1n) is 6.28. The summed E-state index contributed by atoms with van der Waals surface area (Å²) in [5, 5.41) is 4.52. The standard InChI is InChI=1S/C13H15N3OS/c17-12(13-8-14-9-18-13)7-10-5-6-16(15-10)11-3-1-2-4-11/h5-6,8-9,11H,1-4,7H2. The minimum Gasteiger partial charge on any atom is -0.293 e. The first kappa shape index (κ1) is 11.6. The number of Topliss-reactive ketones (excluding diaryl/α,β-unsaturated/α-hetero) is 1. The molecule has 1 saturated carbocycles. The van der Waals surface area contributed by atoms with Gasteiger partial charge in [-0.2, -0.15) is 5.10 Å². The van der Waals surface area contributed by atoms with E-state index in [0.717, 1.165) is 5.69 Å². The fourth-order valence-electron chi connectivity index (χ4n) is 2.45. The number of thiazole rings is 1. The van der Waals surface area contributed by atoms with Crippen molar-refractivity contribution in [3.63, 3.8) is 0 Å². The Labute approximate surface area is 110 Å². The highest BCUT2D eigenvalue weighted by Crippen LogP contribution is 2.28. The summed E-state index contributed by atoms with van der Waals surface area (Å²) < 4.78 is 2.03. The van der Waals surface area contributed by atoms with Gasteiger partial charge in [0.25, 0.3) is 0 Å². The summed E-state index contributed by atoms with van der Waals surface area (Å²) in [6.45, 7) is 0. The summed E-state index contributed by atoms with van der Waals surface area (Å²) in [7, 11) is 0. The van der Waals surface area contributed by atoms with Crippen LogP contribution >= 0.6 is 11.3 Å². The quantitative estimate of drug-likeness (QED) is 0.795. The molecule has 1 fully saturated rings. The summed E-state index contributed by atoms with van der Waals surface area (Å²) in [5.41, 5.74) is 2.55. The first-order chi connectivity index (χ1) is 8.83. The third-order valence-corrected chi connectivity index (χ3v) is 4.23. The van der Waals surface area contributed by atoms with Crippen LogP contribution in [0.4, 0.5) is 0 Å². The van der Waals surface area contributed by atoms with Gasteiger partial charge in [-0.25, -0.2) is 0 Å². The van der Waals surface area contributed by atoms with Crippen molar-refractivity contribution in [1.29, 1.82) is 0 Å². The second kappa shape index (κ2) is 5.02. The Kier molecular flexibility index (Phi) is 3.23. The monoisotopic (exact) mass is 261 g/mol. The predicted molar refractivity (Wildman–Crippen MR) is 69.9 cm³/mol. The number of hydrogen-bond donors (Lipinski definition) is 0. The number of rotatable bonds is 4. The van der Waals surface area contributed by atoms with Gasteiger partial charge in [0.05, 0.1) is 28.5 Å². The van der Waals surface area contributed by atoms with Crippen LogP contribution in [0.1, 0.15) is 47.1 Å². The van der Waals surface area contributed by atoms with Crippen LogP contribution in [-0.2, 0) is 6.42 Å². The van der Waals surface area contributed by atoms with Crippen molar-refractivity contribution in [3.8, 4) is 0 Å². The summed E-state index contributed by atoms with van der Waals surface area (Å²) >= 11 is 1.39. The largest absolute Gasteiger partial charge is 0.293 e. The van der Waals surface area contributed by atoms with Crippen molar-refractivity contribution < 1.29 is 4.79 Å². The molecule has 0 unspecified atom stereocenters. The van der Waals surface area contributed by atoms with Crippen molar-refractivity contribution in [3.05, 3.63) is 34.5 Å². The molecule has 18 heavy (non-hydrogen) atoms. The third kappa shape index (κ3) is 2.36. The molecule has 2 aromatic rings. The molecule has 0 radical (unpaired) electrons. The number of nitrogens with zero attached hydrogens (tertiary/aromatic N) is 3. The average Bonchev–Trinajstić information content (AvgIpc) is 3.12. The third-order valence-electron chi connectivity index (χ3n) is 3.41. The Balaban J connectivity index is 1.68. The molecule has 5 heteroatoms. The molecule has 0 amide bonds. The normalized spacial score (nSPS) is 16.2. The van der Waals surface area contributed by atoms with Gasteiger partial charge in [-0.3, -0.25) is 14.5 Å². The van der Waals surface area contributed by atoms with Crippen LogP contribution < -0.4 is 0 Å². The van der Waals surface area contributed by atoms with Gasteiger partial charge in [-0.05, 0) is 18.9 Å². The molecule has 94 valence electrons. The Hall–Kier alpha value is -1.49. The molecule has 0 spiro atoms. The van der Waals surface area contributed by atoms with Crippen LogP contribution in [0.2, 0.25) is 0 Å². The molecule has 4 nitrogen and oxygen atoms in total. The highest BCUT2D eigenvalue weighted by Gasteiger charge is 2.18. The maximum Gasteiger partial charge on any atom is 0.180 e. The van der Waals surface area contributed by atoms with E-state index in [2.05, 4.69) is 10.1 Å². The van der Waals surface area contributed by atoms with Gasteiger partial charge >= 0.3 is 0 Å². The van der Waals surface area contributed by atoms with Crippen LogP contribution in [0.15, 0.2) is 24.0 Å². The Bertz CT molecular complexity index is 526. The van der Waals surface area contributed by atoms with Crippen LogP contribution in [0.5, 0.6) is 0 Å². The molecule has 1 aliphatic carbocycles. The van der Waals surface area contributed by atoms with E-state index in [9.17, 15) is 4.79 Å². The first-order valence-corrected chi connectivity index (χ1v) is 7.16. The van der Waals surface area contributed by atoms with Gasteiger partial charge in [0.15, 0.2) is 5.78 Å². The maximum atomic E-state index is 11.9. The Morgan fingerprint density at radius 2 is 2.28 bits per heavy atom. The minimum atomic E-state index is 0.106. The second-order valence-corrected chi connectivity index (χ2v) is 5.58. The second-order valence-electron chi connectivity index (χ2n) is 4.69. The van der Waals surface area contributed by atoms with E-state index in [0.29, 0.717) is 17.3 Å². The lowest BCUT2D eigenvalue weighted by Crippen LogP contribution is -2.07. The molecule has 0 aliphatic heterocycles. The van der Waals surface area contributed by atoms with Crippen LogP contribution in [0.25, 0.3) is 0 Å². The number of aromatic nitrogens is 3. The van der Waals surface area contributed by atoms with Crippen molar-refractivity contribution in [2.45, 2.75) is 38.1 Å². The van der Waals surface area contributed by atoms with Crippen molar-refractivity contribution in [2.24, 2.45) is 0 Å². The van der Waals surface area contributed by atoms with Crippen molar-refractivity contribution in [1.82, 2.24) is 14.8 Å². The Morgan fingerprint density at radius 1 is 1.44 bits per heavy atom. The fraction of sp³-hybridized carbons (Fsp3) is 0.462. The summed E-state index contributed by atoms with van der Waals surface area (Å²) in [4.78, 5) is 16.6. The maximum absolute atomic E-state index is 11.9. The number of carbonyl (C=O) groups is 1. The lowest BCUT2D eigenvalue weighted by molar-refractivity contribution is 0.0995. The zero-order chi connectivity index (χ0) is 12.4. The van der Waals surface area contributed by atoms with E-state index in [1.807, 2.05) is 16.9 Å². The van der Waals surface area contributed by atoms with Gasteiger partial charge in [-0.15, -0.1) is 11.3 Å². The predicted octanol–water partition coefficient (Wildman–Crippen LogP) is 2.88. The molecule has 2 aromatic heterocycles. The average molecular weight is 261 g/mol. The van der Waals surface area contributed by atoms with Crippen LogP contribution in [-0.4, -0.2) is 20.5 Å². The van der Waals surface area contributed by atoms with Gasteiger partial charge < -0.3 is 0 Å². The smallest absolute Gasteiger partial charge is 0.180 e. The molecule has 0 aromatic carbocycles. The lowest BCUT2D eigenvalue weighted by atomic mass is 10.2. The van der Waals surface area contributed by atoms with E-state index in [-0.39, 0.29) is 5.78 Å². The highest BCUT2D eigenvalue weighted by molar-refractivity contribution is 7.11. The molecule has 3 rings (SSSR count). The van der Waals surface area contributed by atoms with E-state index < -0.39 is 0 Å². The van der Waals surface area contributed by atoms with E-state index in [4.69, 9.17) is 0 Å². The van der Waals surface area contributed by atoms with Gasteiger partial charge in [0, 0.05) is 12.4 Å². The molecule has 0 N–H and O–H groups in total. The molecule has 0 atom stereocenters.